The average molecular weight is 280 g/mol. The summed E-state index contributed by atoms with van der Waals surface area (Å²) in [6.07, 6.45) is 6.55. The van der Waals surface area contributed by atoms with E-state index in [1.165, 1.54) is 37.0 Å². The number of nitrogens with zero attached hydrogens (tertiary/aromatic N) is 2. The van der Waals surface area contributed by atoms with Gasteiger partial charge >= 0.3 is 0 Å². The van der Waals surface area contributed by atoms with E-state index in [0.717, 1.165) is 22.5 Å². The first-order valence-corrected chi connectivity index (χ1v) is 7.79. The van der Waals surface area contributed by atoms with Crippen molar-refractivity contribution in [2.75, 3.05) is 5.75 Å². The molecule has 3 rings (SSSR count). The van der Waals surface area contributed by atoms with Gasteiger partial charge < -0.3 is 0 Å². The van der Waals surface area contributed by atoms with Crippen molar-refractivity contribution in [2.24, 2.45) is 5.41 Å². The molecule has 2 heterocycles. The van der Waals surface area contributed by atoms with Crippen LogP contribution in [-0.4, -0.2) is 15.3 Å². The Labute approximate surface area is 115 Å². The fraction of sp³-hybridized carbons (Fsp3) is 0.538. The highest BCUT2D eigenvalue weighted by molar-refractivity contribution is 7.80. The second kappa shape index (κ2) is 4.70. The maximum atomic E-state index is 12.3. The van der Waals surface area contributed by atoms with Gasteiger partial charge in [0.25, 0.3) is 5.56 Å². The molecular formula is C13H16N2OS2. The molecule has 3 nitrogen and oxygen atoms in total. The zero-order valence-corrected chi connectivity index (χ0v) is 11.8. The van der Waals surface area contributed by atoms with E-state index in [0.29, 0.717) is 0 Å². The van der Waals surface area contributed by atoms with Gasteiger partial charge in [0, 0.05) is 6.54 Å². The third-order valence-corrected chi connectivity index (χ3v) is 5.50. The SMILES string of the molecule is O=c1c2sccc2ncn1CC1(CS)CCCC1. The van der Waals surface area contributed by atoms with Gasteiger partial charge in [-0.15, -0.1) is 11.3 Å². The Kier molecular flexibility index (Phi) is 3.20. The largest absolute Gasteiger partial charge is 0.297 e. The van der Waals surface area contributed by atoms with E-state index in [4.69, 9.17) is 0 Å². The van der Waals surface area contributed by atoms with Crippen LogP contribution in [0.4, 0.5) is 0 Å². The molecule has 1 saturated carbocycles. The van der Waals surface area contributed by atoms with Crippen LogP contribution in [0.2, 0.25) is 0 Å². The highest BCUT2D eigenvalue weighted by Crippen LogP contribution is 2.40. The highest BCUT2D eigenvalue weighted by atomic mass is 32.1. The summed E-state index contributed by atoms with van der Waals surface area (Å²) in [5, 5.41) is 1.92. The number of thiol groups is 1. The molecule has 18 heavy (non-hydrogen) atoms. The van der Waals surface area contributed by atoms with E-state index in [1.807, 2.05) is 11.4 Å². The van der Waals surface area contributed by atoms with Crippen LogP contribution >= 0.6 is 24.0 Å². The van der Waals surface area contributed by atoms with E-state index >= 15 is 0 Å². The summed E-state index contributed by atoms with van der Waals surface area (Å²) < 4.78 is 2.55. The van der Waals surface area contributed by atoms with Crippen molar-refractivity contribution in [2.45, 2.75) is 32.2 Å². The molecule has 96 valence electrons. The van der Waals surface area contributed by atoms with Gasteiger partial charge in [-0.2, -0.15) is 12.6 Å². The van der Waals surface area contributed by atoms with Gasteiger partial charge in [-0.05, 0) is 35.5 Å². The van der Waals surface area contributed by atoms with Gasteiger partial charge in [0.2, 0.25) is 0 Å². The molecule has 0 amide bonds. The Morgan fingerprint density at radius 3 is 2.94 bits per heavy atom. The summed E-state index contributed by atoms with van der Waals surface area (Å²) >= 11 is 5.97. The number of rotatable bonds is 3. The predicted octanol–water partition coefficient (Wildman–Crippen LogP) is 2.95. The van der Waals surface area contributed by atoms with Crippen molar-refractivity contribution in [3.8, 4) is 0 Å². The van der Waals surface area contributed by atoms with Gasteiger partial charge in [-0.1, -0.05) is 12.8 Å². The van der Waals surface area contributed by atoms with E-state index in [2.05, 4.69) is 17.6 Å². The minimum absolute atomic E-state index is 0.100. The molecule has 0 radical (unpaired) electrons. The molecule has 0 spiro atoms. The van der Waals surface area contributed by atoms with Crippen LogP contribution < -0.4 is 5.56 Å². The first-order valence-electron chi connectivity index (χ1n) is 6.28. The molecule has 5 heteroatoms. The standard InChI is InChI=1S/C13H16N2OS2/c16-12-11-10(3-6-18-11)14-9-15(12)7-13(8-17)4-1-2-5-13/h3,6,9,17H,1-2,4-5,7-8H2. The molecule has 0 bridgehead atoms. The van der Waals surface area contributed by atoms with Gasteiger partial charge in [-0.25, -0.2) is 4.98 Å². The van der Waals surface area contributed by atoms with Gasteiger partial charge in [0.1, 0.15) is 4.70 Å². The van der Waals surface area contributed by atoms with Crippen molar-refractivity contribution >= 4 is 34.2 Å². The number of fused-ring (bicyclic) bond motifs is 1. The number of hydrogen-bond donors (Lipinski definition) is 1. The van der Waals surface area contributed by atoms with Crippen molar-refractivity contribution in [3.63, 3.8) is 0 Å². The molecule has 0 aliphatic heterocycles. The van der Waals surface area contributed by atoms with Gasteiger partial charge in [0.15, 0.2) is 0 Å². The lowest BCUT2D eigenvalue weighted by atomic mass is 9.88. The Morgan fingerprint density at radius 2 is 2.22 bits per heavy atom. The second-order valence-electron chi connectivity index (χ2n) is 5.18. The van der Waals surface area contributed by atoms with Crippen molar-refractivity contribution in [1.82, 2.24) is 9.55 Å². The average Bonchev–Trinajstić information content (AvgIpc) is 3.03. The van der Waals surface area contributed by atoms with Crippen LogP contribution in [0.15, 0.2) is 22.6 Å². The Bertz CT molecular complexity index is 611. The Balaban J connectivity index is 1.99. The number of hydrogen-bond acceptors (Lipinski definition) is 4. The third kappa shape index (κ3) is 1.99. The maximum Gasteiger partial charge on any atom is 0.271 e. The molecule has 0 saturated heterocycles. The van der Waals surface area contributed by atoms with Crippen LogP contribution in [0.1, 0.15) is 25.7 Å². The summed E-state index contributed by atoms with van der Waals surface area (Å²) in [7, 11) is 0. The highest BCUT2D eigenvalue weighted by Gasteiger charge is 2.33. The van der Waals surface area contributed by atoms with Crippen LogP contribution in [0, 0.1) is 5.41 Å². The molecule has 0 aromatic carbocycles. The molecular weight excluding hydrogens is 264 g/mol. The summed E-state index contributed by atoms with van der Waals surface area (Å²) in [5.74, 6) is 0.849. The van der Waals surface area contributed by atoms with Crippen LogP contribution in [0.25, 0.3) is 10.2 Å². The minimum atomic E-state index is 0.100. The van der Waals surface area contributed by atoms with Crippen molar-refractivity contribution in [1.29, 1.82) is 0 Å². The van der Waals surface area contributed by atoms with Crippen molar-refractivity contribution < 1.29 is 0 Å². The molecule has 1 aliphatic carbocycles. The molecule has 0 unspecified atom stereocenters. The molecule has 1 fully saturated rings. The first kappa shape index (κ1) is 12.2. The van der Waals surface area contributed by atoms with Gasteiger partial charge in [-0.3, -0.25) is 9.36 Å². The van der Waals surface area contributed by atoms with E-state index in [1.54, 1.807) is 10.9 Å². The Hall–Kier alpha value is -0.810. The molecule has 2 aromatic heterocycles. The zero-order chi connectivity index (χ0) is 12.6. The van der Waals surface area contributed by atoms with E-state index in [9.17, 15) is 4.79 Å². The zero-order valence-electron chi connectivity index (χ0n) is 10.1. The lowest BCUT2D eigenvalue weighted by molar-refractivity contribution is 0.286. The smallest absolute Gasteiger partial charge is 0.271 e. The monoisotopic (exact) mass is 280 g/mol. The molecule has 0 N–H and O–H groups in total. The molecule has 2 aromatic rings. The van der Waals surface area contributed by atoms with E-state index in [-0.39, 0.29) is 11.0 Å². The fourth-order valence-electron chi connectivity index (χ4n) is 2.84. The lowest BCUT2D eigenvalue weighted by Gasteiger charge is -2.27. The van der Waals surface area contributed by atoms with Gasteiger partial charge in [0.05, 0.1) is 11.8 Å². The lowest BCUT2D eigenvalue weighted by Crippen LogP contribution is -2.31. The van der Waals surface area contributed by atoms with Crippen LogP contribution in [-0.2, 0) is 6.54 Å². The summed E-state index contributed by atoms with van der Waals surface area (Å²) in [6.45, 7) is 0.760. The summed E-state index contributed by atoms with van der Waals surface area (Å²) in [5.41, 5.74) is 1.11. The van der Waals surface area contributed by atoms with Crippen LogP contribution in [0.3, 0.4) is 0 Å². The normalized spacial score (nSPS) is 18.5. The quantitative estimate of drug-likeness (QED) is 0.877. The minimum Gasteiger partial charge on any atom is -0.297 e. The van der Waals surface area contributed by atoms with Crippen LogP contribution in [0.5, 0.6) is 0 Å². The summed E-state index contributed by atoms with van der Waals surface area (Å²) in [6, 6.07) is 1.90. The predicted molar refractivity (Wildman–Crippen MR) is 78.6 cm³/mol. The maximum absolute atomic E-state index is 12.3. The third-order valence-electron chi connectivity index (χ3n) is 3.94. The number of thiophene rings is 1. The first-order chi connectivity index (χ1) is 8.74. The number of aromatic nitrogens is 2. The second-order valence-corrected chi connectivity index (χ2v) is 6.41. The fourth-order valence-corrected chi connectivity index (χ4v) is 4.05. The summed E-state index contributed by atoms with van der Waals surface area (Å²) in [4.78, 5) is 16.7. The molecule has 0 atom stereocenters. The Morgan fingerprint density at radius 1 is 1.44 bits per heavy atom. The molecule has 1 aliphatic rings. The van der Waals surface area contributed by atoms with Crippen molar-refractivity contribution in [3.05, 3.63) is 28.1 Å². The topological polar surface area (TPSA) is 34.9 Å². The van der Waals surface area contributed by atoms with E-state index < -0.39 is 0 Å².